The Labute approximate surface area is 178 Å². The molecule has 1 unspecified atom stereocenters. The van der Waals surface area contributed by atoms with Gasteiger partial charge in [-0.1, -0.05) is 38.5 Å². The van der Waals surface area contributed by atoms with Crippen LogP contribution in [0.3, 0.4) is 0 Å². The summed E-state index contributed by atoms with van der Waals surface area (Å²) in [6, 6.07) is 12.2. The van der Waals surface area contributed by atoms with Crippen molar-refractivity contribution >= 4 is 0 Å². The minimum atomic E-state index is -0.257. The van der Waals surface area contributed by atoms with Crippen LogP contribution in [0.1, 0.15) is 43.4 Å². The molecule has 0 saturated heterocycles. The number of alkyl halides is 1. The molecule has 1 aromatic carbocycles. The van der Waals surface area contributed by atoms with Crippen molar-refractivity contribution in [2.24, 2.45) is 0 Å². The topological polar surface area (TPSA) is 58.3 Å². The van der Waals surface area contributed by atoms with Crippen LogP contribution in [0.4, 0.5) is 4.39 Å². The van der Waals surface area contributed by atoms with Gasteiger partial charge in [-0.3, -0.25) is 9.18 Å². The van der Waals surface area contributed by atoms with Crippen LogP contribution < -0.4 is 5.56 Å². The van der Waals surface area contributed by atoms with E-state index < -0.39 is 0 Å². The van der Waals surface area contributed by atoms with Gasteiger partial charge in [-0.2, -0.15) is 5.26 Å². The minimum Gasteiger partial charge on any atom is -0.476 e. The van der Waals surface area contributed by atoms with Gasteiger partial charge in [-0.05, 0) is 42.2 Å². The van der Waals surface area contributed by atoms with E-state index in [-0.39, 0.29) is 17.4 Å². The number of hydrogen-bond donors (Lipinski definition) is 0. The molecule has 0 N–H and O–H groups in total. The Hall–Kier alpha value is -3.07. The molecule has 160 valence electrons. The Morgan fingerprint density at radius 1 is 1.23 bits per heavy atom. The number of benzene rings is 1. The maximum absolute atomic E-state index is 13.1. The van der Waals surface area contributed by atoms with Crippen LogP contribution >= 0.6 is 0 Å². The van der Waals surface area contributed by atoms with Gasteiger partial charge in [0, 0.05) is 13.5 Å². The van der Waals surface area contributed by atoms with E-state index in [9.17, 15) is 14.4 Å². The van der Waals surface area contributed by atoms with E-state index in [0.717, 1.165) is 36.2 Å². The largest absolute Gasteiger partial charge is 0.476 e. The van der Waals surface area contributed by atoms with Crippen molar-refractivity contribution in [2.45, 2.75) is 52.8 Å². The first-order valence-corrected chi connectivity index (χ1v) is 10.2. The molecule has 5 nitrogen and oxygen atoms in total. The molecule has 6 heteroatoms. The van der Waals surface area contributed by atoms with Crippen LogP contribution in [-0.2, 0) is 17.7 Å². The molecule has 1 aromatic heterocycles. The molecular formula is C24H30FN3O2. The number of rotatable bonds is 6. The van der Waals surface area contributed by atoms with Crippen molar-refractivity contribution in [1.82, 2.24) is 9.47 Å². The Kier molecular flexibility index (Phi) is 8.23. The fourth-order valence-corrected chi connectivity index (χ4v) is 3.59. The van der Waals surface area contributed by atoms with Gasteiger partial charge in [0.1, 0.15) is 17.9 Å². The number of pyridine rings is 1. The van der Waals surface area contributed by atoms with E-state index >= 15 is 0 Å². The van der Waals surface area contributed by atoms with Gasteiger partial charge in [0.2, 0.25) is 0 Å². The van der Waals surface area contributed by atoms with Crippen molar-refractivity contribution in [3.63, 3.8) is 0 Å². The summed E-state index contributed by atoms with van der Waals surface area (Å²) in [7, 11) is 2.49. The lowest BCUT2D eigenvalue weighted by Crippen LogP contribution is -2.32. The molecule has 1 aliphatic heterocycles. The number of hydrogen-bond acceptors (Lipinski definition) is 4. The third-order valence-electron chi connectivity index (χ3n) is 5.34. The summed E-state index contributed by atoms with van der Waals surface area (Å²) in [6.07, 6.45) is 4.62. The lowest BCUT2D eigenvalue weighted by atomic mass is 10.0. The van der Waals surface area contributed by atoms with Gasteiger partial charge in [0.15, 0.2) is 6.23 Å². The third kappa shape index (κ3) is 4.73. The van der Waals surface area contributed by atoms with Gasteiger partial charge in [0.05, 0.1) is 25.1 Å². The quantitative estimate of drug-likeness (QED) is 0.687. The Bertz CT molecular complexity index is 1000. The van der Waals surface area contributed by atoms with Crippen molar-refractivity contribution in [3.8, 4) is 17.3 Å². The summed E-state index contributed by atoms with van der Waals surface area (Å²) < 4.78 is 17.0. The predicted octanol–water partition coefficient (Wildman–Crippen LogP) is 4.77. The fourth-order valence-electron chi connectivity index (χ4n) is 3.59. The first-order valence-electron chi connectivity index (χ1n) is 10.2. The number of likely N-dealkylation sites (N-methyl/N-ethyl adjacent to an activating group) is 1. The molecule has 0 amide bonds. The number of aryl methyl sites for hydroxylation is 2. The van der Waals surface area contributed by atoms with Gasteiger partial charge < -0.3 is 14.2 Å². The van der Waals surface area contributed by atoms with E-state index in [1.807, 2.05) is 32.2 Å². The normalized spacial score (nSPS) is 15.0. The van der Waals surface area contributed by atoms with Gasteiger partial charge >= 0.3 is 0 Å². The van der Waals surface area contributed by atoms with Crippen LogP contribution in [0.5, 0.6) is 0 Å². The summed E-state index contributed by atoms with van der Waals surface area (Å²) in [5, 5.41) is 9.48. The van der Waals surface area contributed by atoms with Gasteiger partial charge in [-0.25, -0.2) is 0 Å². The van der Waals surface area contributed by atoms with E-state index in [0.29, 0.717) is 19.3 Å². The number of ether oxygens (including phenoxy) is 1. The highest BCUT2D eigenvalue weighted by Crippen LogP contribution is 2.26. The average molecular weight is 412 g/mol. The van der Waals surface area contributed by atoms with E-state index in [1.165, 1.54) is 5.56 Å². The molecular weight excluding hydrogens is 381 g/mol. The smallest absolute Gasteiger partial charge is 0.269 e. The lowest BCUT2D eigenvalue weighted by Gasteiger charge is -2.24. The molecule has 0 fully saturated rings. The second-order valence-corrected chi connectivity index (χ2v) is 7.24. The Morgan fingerprint density at radius 2 is 1.97 bits per heavy atom. The van der Waals surface area contributed by atoms with Crippen molar-refractivity contribution in [3.05, 3.63) is 69.3 Å². The third-order valence-corrected chi connectivity index (χ3v) is 5.34. The van der Waals surface area contributed by atoms with Crippen LogP contribution in [0.15, 0.2) is 47.1 Å². The number of aromatic nitrogens is 1. The van der Waals surface area contributed by atoms with E-state index in [1.54, 1.807) is 10.8 Å². The zero-order valence-electron chi connectivity index (χ0n) is 18.4. The summed E-state index contributed by atoms with van der Waals surface area (Å²) in [6.45, 7) is 6.42. The van der Waals surface area contributed by atoms with Crippen molar-refractivity contribution < 1.29 is 9.13 Å². The summed E-state index contributed by atoms with van der Waals surface area (Å²) in [4.78, 5) is 15.2. The molecule has 30 heavy (non-hydrogen) atoms. The monoisotopic (exact) mass is 411 g/mol. The average Bonchev–Trinajstić information content (AvgIpc) is 3.11. The highest BCUT2D eigenvalue weighted by molar-refractivity contribution is 5.63. The number of nitriles is 1. The Balaban J connectivity index is 0.00000155. The summed E-state index contributed by atoms with van der Waals surface area (Å²) in [5.41, 5.74) is 4.59. The highest BCUT2D eigenvalue weighted by Gasteiger charge is 2.25. The molecule has 0 bridgehead atoms. The molecule has 0 saturated carbocycles. The summed E-state index contributed by atoms with van der Waals surface area (Å²) in [5.74, 6) is 0. The van der Waals surface area contributed by atoms with Crippen molar-refractivity contribution in [2.75, 3.05) is 14.2 Å². The molecule has 2 aromatic rings. The molecule has 2 heterocycles. The molecule has 0 aliphatic carbocycles. The highest BCUT2D eigenvalue weighted by atomic mass is 19.1. The van der Waals surface area contributed by atoms with Crippen LogP contribution in [0, 0.1) is 18.3 Å². The minimum absolute atomic E-state index is 0.00320. The number of nitrogens with zero attached hydrogens (tertiary/aromatic N) is 3. The second-order valence-electron chi connectivity index (χ2n) is 7.24. The van der Waals surface area contributed by atoms with Gasteiger partial charge in [0.25, 0.3) is 5.56 Å². The second kappa shape index (κ2) is 10.6. The number of halogens is 1. The van der Waals surface area contributed by atoms with Crippen LogP contribution in [-0.4, -0.2) is 29.9 Å². The molecule has 0 radical (unpaired) electrons. The Morgan fingerprint density at radius 3 is 2.60 bits per heavy atom. The maximum Gasteiger partial charge on any atom is 0.269 e. The zero-order chi connectivity index (χ0) is 22.3. The van der Waals surface area contributed by atoms with E-state index in [4.69, 9.17) is 4.74 Å². The number of allylic oxidation sites excluding steroid dienone is 1. The maximum atomic E-state index is 13.1. The molecule has 1 atom stereocenters. The van der Waals surface area contributed by atoms with Crippen molar-refractivity contribution in [1.29, 1.82) is 5.26 Å². The van der Waals surface area contributed by atoms with Crippen LogP contribution in [0.25, 0.3) is 11.3 Å². The first kappa shape index (κ1) is 23.2. The standard InChI is InChI=1S/C23H27N3O2.CH3F/c1-5-8-22-25(4)19(15-28-22)14-26-21(11-16(3)20(13-24)23(26)27)18-10-7-9-17(6-2)12-18;1-2/h7,9-12,15,22H,5-6,8,14H2,1-4H3;1H3. The molecule has 1 aliphatic rings. The van der Waals surface area contributed by atoms with Crippen LogP contribution in [0.2, 0.25) is 0 Å². The molecule has 3 rings (SSSR count). The van der Waals surface area contributed by atoms with E-state index in [2.05, 4.69) is 36.9 Å². The van der Waals surface area contributed by atoms with Gasteiger partial charge in [-0.15, -0.1) is 0 Å². The fraction of sp³-hybridized carbons (Fsp3) is 0.417. The predicted molar refractivity (Wildman–Crippen MR) is 118 cm³/mol. The zero-order valence-corrected chi connectivity index (χ0v) is 18.4. The molecule has 0 spiro atoms. The summed E-state index contributed by atoms with van der Waals surface area (Å²) >= 11 is 0. The lowest BCUT2D eigenvalue weighted by molar-refractivity contribution is 0.0597. The first-order chi connectivity index (χ1) is 14.5. The SMILES string of the molecule is CCCC1OC=C(Cn2c(-c3cccc(CC)c3)cc(C)c(C#N)c2=O)N1C.CF.